The van der Waals surface area contributed by atoms with Crippen molar-refractivity contribution in [2.24, 2.45) is 0 Å². The Morgan fingerprint density at radius 2 is 1.94 bits per heavy atom. The van der Waals surface area contributed by atoms with E-state index in [9.17, 15) is 13.2 Å². The van der Waals surface area contributed by atoms with E-state index in [1.54, 1.807) is 18.2 Å². The third kappa shape index (κ3) is 2.20. The summed E-state index contributed by atoms with van der Waals surface area (Å²) in [6, 6.07) is 8.03. The zero-order valence-corrected chi connectivity index (χ0v) is 10.3. The maximum absolute atomic E-state index is 12.2. The lowest BCUT2D eigenvalue weighted by Gasteiger charge is -2.07. The van der Waals surface area contributed by atoms with Crippen LogP contribution in [0.25, 0.3) is 0 Å². The predicted octanol–water partition coefficient (Wildman–Crippen LogP) is 1.55. The molecule has 1 saturated heterocycles. The molecule has 0 spiro atoms. The Kier molecular flexibility index (Phi) is 3.19. The van der Waals surface area contributed by atoms with Crippen LogP contribution in [-0.4, -0.2) is 25.7 Å². The van der Waals surface area contributed by atoms with E-state index >= 15 is 0 Å². The van der Waals surface area contributed by atoms with Gasteiger partial charge in [0.15, 0.2) is 15.1 Å². The molecule has 1 aliphatic rings. The van der Waals surface area contributed by atoms with Crippen molar-refractivity contribution in [1.29, 1.82) is 0 Å². The van der Waals surface area contributed by atoms with E-state index in [-0.39, 0.29) is 17.4 Å². The Bertz CT molecular complexity index is 507. The summed E-state index contributed by atoms with van der Waals surface area (Å²) >= 11 is 0. The molecule has 0 aromatic heterocycles. The zero-order chi connectivity index (χ0) is 12.5. The van der Waals surface area contributed by atoms with Crippen molar-refractivity contribution in [2.45, 2.75) is 36.0 Å². The van der Waals surface area contributed by atoms with Crippen LogP contribution in [0.1, 0.15) is 19.8 Å². The van der Waals surface area contributed by atoms with Crippen molar-refractivity contribution in [1.82, 2.24) is 0 Å². The van der Waals surface area contributed by atoms with Crippen molar-refractivity contribution in [2.75, 3.05) is 0 Å². The molecule has 17 heavy (non-hydrogen) atoms. The van der Waals surface area contributed by atoms with Crippen LogP contribution in [0.2, 0.25) is 0 Å². The molecule has 0 amide bonds. The van der Waals surface area contributed by atoms with E-state index in [1.807, 2.05) is 6.92 Å². The highest BCUT2D eigenvalue weighted by Gasteiger charge is 2.43. The largest absolute Gasteiger partial charge is 0.461 e. The Morgan fingerprint density at radius 3 is 2.47 bits per heavy atom. The number of rotatable bonds is 3. The molecule has 5 heteroatoms. The van der Waals surface area contributed by atoms with Crippen molar-refractivity contribution >= 4 is 15.8 Å². The van der Waals surface area contributed by atoms with E-state index in [0.717, 1.165) is 0 Å². The van der Waals surface area contributed by atoms with Crippen LogP contribution < -0.4 is 0 Å². The van der Waals surface area contributed by atoms with E-state index < -0.39 is 21.1 Å². The van der Waals surface area contributed by atoms with Gasteiger partial charge in [-0.15, -0.1) is 0 Å². The van der Waals surface area contributed by atoms with Crippen LogP contribution in [-0.2, 0) is 19.4 Å². The summed E-state index contributed by atoms with van der Waals surface area (Å²) in [5.41, 5.74) is 0. The van der Waals surface area contributed by atoms with Crippen LogP contribution in [0.3, 0.4) is 0 Å². The molecule has 1 fully saturated rings. The van der Waals surface area contributed by atoms with Gasteiger partial charge >= 0.3 is 5.97 Å². The first-order chi connectivity index (χ1) is 8.05. The maximum Gasteiger partial charge on any atom is 0.325 e. The van der Waals surface area contributed by atoms with Gasteiger partial charge in [0, 0.05) is 6.42 Å². The van der Waals surface area contributed by atoms with Gasteiger partial charge in [0.1, 0.15) is 6.10 Å². The SMILES string of the molecule is CC[C@H]1C[C@@H](S(=O)(=O)c2ccccc2)C(=O)O1. The minimum Gasteiger partial charge on any atom is -0.461 e. The second-order valence-corrected chi connectivity index (χ2v) is 6.18. The molecular formula is C12H14O4S. The Labute approximate surface area is 101 Å². The first kappa shape index (κ1) is 12.1. The molecule has 0 N–H and O–H groups in total. The average Bonchev–Trinajstić information content (AvgIpc) is 2.72. The van der Waals surface area contributed by atoms with Gasteiger partial charge in [-0.2, -0.15) is 0 Å². The standard InChI is InChI=1S/C12H14O4S/c1-2-9-8-11(12(13)16-9)17(14,15)10-6-4-3-5-7-10/h3-7,9,11H,2,8H2,1H3/t9-,11+/m0/s1. The summed E-state index contributed by atoms with van der Waals surface area (Å²) in [5.74, 6) is -0.624. The number of benzene rings is 1. The molecule has 0 aliphatic carbocycles. The normalized spacial score (nSPS) is 24.6. The number of hydrogen-bond acceptors (Lipinski definition) is 4. The van der Waals surface area contributed by atoms with E-state index in [0.29, 0.717) is 6.42 Å². The first-order valence-corrected chi connectivity index (χ1v) is 7.09. The molecule has 2 atom stereocenters. The van der Waals surface area contributed by atoms with Crippen molar-refractivity contribution in [3.8, 4) is 0 Å². The summed E-state index contributed by atoms with van der Waals surface area (Å²) in [5, 5.41) is -1.05. The van der Waals surface area contributed by atoms with Crippen LogP contribution in [0.5, 0.6) is 0 Å². The fourth-order valence-corrected chi connectivity index (χ4v) is 3.54. The highest BCUT2D eigenvalue weighted by molar-refractivity contribution is 7.92. The van der Waals surface area contributed by atoms with Crippen molar-refractivity contribution in [3.05, 3.63) is 30.3 Å². The van der Waals surface area contributed by atoms with Gasteiger partial charge in [0.05, 0.1) is 4.90 Å². The number of hydrogen-bond donors (Lipinski definition) is 0. The predicted molar refractivity (Wildman–Crippen MR) is 62.2 cm³/mol. The minimum absolute atomic E-state index is 0.179. The molecule has 0 saturated carbocycles. The summed E-state index contributed by atoms with van der Waals surface area (Å²) in [6.07, 6.45) is 0.630. The summed E-state index contributed by atoms with van der Waals surface area (Å²) in [7, 11) is -3.61. The summed E-state index contributed by atoms with van der Waals surface area (Å²) < 4.78 is 29.4. The van der Waals surface area contributed by atoms with Gasteiger partial charge in [-0.25, -0.2) is 8.42 Å². The van der Waals surface area contributed by atoms with Gasteiger partial charge in [-0.05, 0) is 18.6 Å². The number of sulfone groups is 1. The second kappa shape index (κ2) is 4.49. The number of cyclic esters (lactones) is 1. The third-order valence-electron chi connectivity index (χ3n) is 2.92. The molecule has 1 aromatic carbocycles. The Morgan fingerprint density at radius 1 is 1.29 bits per heavy atom. The van der Waals surface area contributed by atoms with Gasteiger partial charge < -0.3 is 4.74 Å². The van der Waals surface area contributed by atoms with Gasteiger partial charge in [-0.1, -0.05) is 25.1 Å². The fraction of sp³-hybridized carbons (Fsp3) is 0.417. The molecule has 0 unspecified atom stereocenters. The molecule has 2 rings (SSSR count). The zero-order valence-electron chi connectivity index (χ0n) is 9.50. The van der Waals surface area contributed by atoms with Gasteiger partial charge in [0.2, 0.25) is 0 Å². The van der Waals surface area contributed by atoms with E-state index in [2.05, 4.69) is 0 Å². The third-order valence-corrected chi connectivity index (χ3v) is 4.99. The van der Waals surface area contributed by atoms with Crippen molar-refractivity contribution in [3.63, 3.8) is 0 Å². The molecule has 1 aliphatic heterocycles. The number of carbonyl (C=O) groups excluding carboxylic acids is 1. The molecule has 92 valence electrons. The lowest BCUT2D eigenvalue weighted by Crippen LogP contribution is -2.26. The summed E-state index contributed by atoms with van der Waals surface area (Å²) in [6.45, 7) is 1.87. The van der Waals surface area contributed by atoms with Crippen LogP contribution >= 0.6 is 0 Å². The Hall–Kier alpha value is -1.36. The number of esters is 1. The van der Waals surface area contributed by atoms with E-state index in [4.69, 9.17) is 4.74 Å². The highest BCUT2D eigenvalue weighted by Crippen LogP contribution is 2.27. The van der Waals surface area contributed by atoms with Crippen LogP contribution in [0.15, 0.2) is 35.2 Å². The molecule has 1 heterocycles. The molecular weight excluding hydrogens is 240 g/mol. The van der Waals surface area contributed by atoms with Gasteiger partial charge in [-0.3, -0.25) is 4.79 Å². The Balaban J connectivity index is 2.32. The monoisotopic (exact) mass is 254 g/mol. The van der Waals surface area contributed by atoms with Crippen molar-refractivity contribution < 1.29 is 17.9 Å². The van der Waals surface area contributed by atoms with E-state index in [1.165, 1.54) is 12.1 Å². The molecule has 0 radical (unpaired) electrons. The summed E-state index contributed by atoms with van der Waals surface area (Å²) in [4.78, 5) is 11.7. The lowest BCUT2D eigenvalue weighted by molar-refractivity contribution is -0.141. The second-order valence-electron chi connectivity index (χ2n) is 4.05. The average molecular weight is 254 g/mol. The maximum atomic E-state index is 12.2. The van der Waals surface area contributed by atoms with Gasteiger partial charge in [0.25, 0.3) is 0 Å². The molecule has 1 aromatic rings. The lowest BCUT2D eigenvalue weighted by atomic mass is 10.2. The first-order valence-electron chi connectivity index (χ1n) is 5.55. The smallest absolute Gasteiger partial charge is 0.325 e. The van der Waals surface area contributed by atoms with Crippen LogP contribution in [0.4, 0.5) is 0 Å². The fourth-order valence-electron chi connectivity index (χ4n) is 1.90. The van der Waals surface area contributed by atoms with Crippen LogP contribution in [0, 0.1) is 0 Å². The number of ether oxygens (including phenoxy) is 1. The quantitative estimate of drug-likeness (QED) is 0.768. The topological polar surface area (TPSA) is 60.4 Å². The molecule has 0 bridgehead atoms. The molecule has 4 nitrogen and oxygen atoms in total. The highest BCUT2D eigenvalue weighted by atomic mass is 32.2. The minimum atomic E-state index is -3.61. The number of carbonyl (C=O) groups is 1.